The van der Waals surface area contributed by atoms with E-state index in [1.165, 1.54) is 17.4 Å². The van der Waals surface area contributed by atoms with Gasteiger partial charge in [-0.15, -0.1) is 11.3 Å². The van der Waals surface area contributed by atoms with Crippen LogP contribution in [0.5, 0.6) is 0 Å². The first-order valence-corrected chi connectivity index (χ1v) is 10.7. The minimum atomic E-state index is -0.508. The van der Waals surface area contributed by atoms with Gasteiger partial charge in [0.05, 0.1) is 9.80 Å². The molecule has 1 fully saturated rings. The Hall–Kier alpha value is -3.05. The molecule has 156 valence electrons. The average Bonchev–Trinajstić information content (AvgIpc) is 3.42. The quantitative estimate of drug-likeness (QED) is 0.367. The largest absolute Gasteiger partial charge is 0.362 e. The zero-order valence-corrected chi connectivity index (χ0v) is 17.9. The van der Waals surface area contributed by atoms with Crippen molar-refractivity contribution in [3.05, 3.63) is 56.7 Å². The number of nitro groups is 1. The minimum absolute atomic E-state index is 0.0486. The van der Waals surface area contributed by atoms with Crippen molar-refractivity contribution in [3.63, 3.8) is 0 Å². The number of carbonyl (C=O) groups is 1. The molecule has 0 radical (unpaired) electrons. The number of nitrogens with one attached hydrogen (secondary N) is 1. The molecule has 0 bridgehead atoms. The first-order chi connectivity index (χ1) is 14.5. The lowest BCUT2D eigenvalue weighted by Crippen LogP contribution is -2.50. The van der Waals surface area contributed by atoms with E-state index < -0.39 is 6.04 Å². The summed E-state index contributed by atoms with van der Waals surface area (Å²) < 4.78 is 2.15. The second-order valence-corrected chi connectivity index (χ2v) is 8.27. The van der Waals surface area contributed by atoms with Crippen LogP contribution in [-0.2, 0) is 4.79 Å². The Labute approximate surface area is 181 Å². The van der Waals surface area contributed by atoms with E-state index in [0.29, 0.717) is 42.5 Å². The van der Waals surface area contributed by atoms with Gasteiger partial charge in [-0.2, -0.15) is 5.10 Å². The van der Waals surface area contributed by atoms with Crippen LogP contribution < -0.4 is 4.90 Å². The van der Waals surface area contributed by atoms with Crippen molar-refractivity contribution in [2.24, 2.45) is 0 Å². The van der Waals surface area contributed by atoms with Crippen LogP contribution in [0.4, 0.5) is 11.4 Å². The summed E-state index contributed by atoms with van der Waals surface area (Å²) in [6.45, 7) is 3.83. The van der Waals surface area contributed by atoms with Gasteiger partial charge in [0.1, 0.15) is 11.7 Å². The molecule has 30 heavy (non-hydrogen) atoms. The van der Waals surface area contributed by atoms with Gasteiger partial charge in [0.25, 0.3) is 5.69 Å². The number of para-hydroxylation sites is 2. The van der Waals surface area contributed by atoms with Crippen LogP contribution in [0.25, 0.3) is 10.7 Å². The van der Waals surface area contributed by atoms with Crippen molar-refractivity contribution in [3.8, 4) is 10.7 Å². The van der Waals surface area contributed by atoms with Crippen molar-refractivity contribution in [1.82, 2.24) is 19.7 Å². The fraction of sp³-hybridized carbons (Fsp3) is 0.316. The Balaban J connectivity index is 1.49. The summed E-state index contributed by atoms with van der Waals surface area (Å²) in [5.74, 6) is 0.599. The molecule has 1 aliphatic rings. The fourth-order valence-electron chi connectivity index (χ4n) is 3.67. The zero-order valence-electron chi connectivity index (χ0n) is 16.2. The molecule has 0 spiro atoms. The van der Waals surface area contributed by atoms with Crippen molar-refractivity contribution < 1.29 is 9.72 Å². The maximum atomic E-state index is 13.2. The number of benzene rings is 1. The van der Waals surface area contributed by atoms with E-state index in [4.69, 9.17) is 12.2 Å². The predicted molar refractivity (Wildman–Crippen MR) is 117 cm³/mol. The number of anilines is 1. The van der Waals surface area contributed by atoms with Crippen LogP contribution in [0.2, 0.25) is 0 Å². The average molecular weight is 445 g/mol. The third-order valence-electron chi connectivity index (χ3n) is 5.20. The standard InChI is InChI=1S/C19H20N6O3S2/c1-13(24-17(20-21-19(24)29)16-7-4-12-30-16)18(26)23-10-8-22(9-11-23)14-5-2-3-6-15(14)25(27)28/h2-7,12-13H,8-11H2,1H3,(H,21,29). The summed E-state index contributed by atoms with van der Waals surface area (Å²) in [4.78, 5) is 28.8. The smallest absolute Gasteiger partial charge is 0.292 e. The van der Waals surface area contributed by atoms with Gasteiger partial charge in [-0.3, -0.25) is 24.6 Å². The molecule has 3 aromatic rings. The lowest BCUT2D eigenvalue weighted by Gasteiger charge is -2.37. The van der Waals surface area contributed by atoms with Gasteiger partial charge < -0.3 is 9.80 Å². The maximum absolute atomic E-state index is 13.2. The molecule has 11 heteroatoms. The Morgan fingerprint density at radius 1 is 1.23 bits per heavy atom. The number of thiophene rings is 1. The van der Waals surface area contributed by atoms with Crippen LogP contribution in [0, 0.1) is 14.9 Å². The van der Waals surface area contributed by atoms with Crippen LogP contribution in [0.1, 0.15) is 13.0 Å². The number of amides is 1. The number of aromatic amines is 1. The highest BCUT2D eigenvalue weighted by atomic mass is 32.1. The number of carbonyl (C=O) groups excluding carboxylic acids is 1. The molecular formula is C19H20N6O3S2. The van der Waals surface area contributed by atoms with Crippen LogP contribution >= 0.6 is 23.6 Å². The number of nitro benzene ring substituents is 1. The van der Waals surface area contributed by atoms with Gasteiger partial charge >= 0.3 is 0 Å². The van der Waals surface area contributed by atoms with Gasteiger partial charge in [-0.25, -0.2) is 0 Å². The summed E-state index contributed by atoms with van der Waals surface area (Å²) >= 11 is 6.91. The molecule has 1 N–H and O–H groups in total. The number of H-pyrrole nitrogens is 1. The van der Waals surface area contributed by atoms with E-state index in [1.807, 2.05) is 29.3 Å². The SMILES string of the molecule is CC(C(=O)N1CCN(c2ccccc2[N+](=O)[O-])CC1)n1c(-c2cccs2)n[nH]c1=S. The number of nitrogens with zero attached hydrogens (tertiary/aromatic N) is 5. The maximum Gasteiger partial charge on any atom is 0.292 e. The van der Waals surface area contributed by atoms with Crippen molar-refractivity contribution >= 4 is 40.8 Å². The van der Waals surface area contributed by atoms with Crippen LogP contribution in [0.3, 0.4) is 0 Å². The molecule has 4 rings (SSSR count). The molecule has 1 aromatic carbocycles. The van der Waals surface area contributed by atoms with Gasteiger partial charge in [-0.1, -0.05) is 18.2 Å². The highest BCUT2D eigenvalue weighted by Crippen LogP contribution is 2.29. The first kappa shape index (κ1) is 20.2. The van der Waals surface area contributed by atoms with E-state index in [2.05, 4.69) is 10.2 Å². The molecule has 1 unspecified atom stereocenters. The summed E-state index contributed by atoms with van der Waals surface area (Å²) in [5.41, 5.74) is 0.663. The van der Waals surface area contributed by atoms with E-state index in [1.54, 1.807) is 27.7 Å². The highest BCUT2D eigenvalue weighted by Gasteiger charge is 2.30. The van der Waals surface area contributed by atoms with Crippen molar-refractivity contribution in [2.75, 3.05) is 31.1 Å². The molecule has 9 nitrogen and oxygen atoms in total. The monoisotopic (exact) mass is 444 g/mol. The third-order valence-corrected chi connectivity index (χ3v) is 6.35. The lowest BCUT2D eigenvalue weighted by atomic mass is 10.2. The molecule has 0 aliphatic carbocycles. The second kappa shape index (κ2) is 8.36. The Kier molecular flexibility index (Phi) is 5.64. The van der Waals surface area contributed by atoms with E-state index >= 15 is 0 Å². The number of hydrogen-bond acceptors (Lipinski definition) is 7. The summed E-state index contributed by atoms with van der Waals surface area (Å²) in [6.07, 6.45) is 0. The molecule has 1 amide bonds. The molecule has 2 aromatic heterocycles. The van der Waals surface area contributed by atoms with Gasteiger partial charge in [0.2, 0.25) is 5.91 Å². The number of hydrogen-bond donors (Lipinski definition) is 1. The van der Waals surface area contributed by atoms with E-state index in [0.717, 1.165) is 4.88 Å². The first-order valence-electron chi connectivity index (χ1n) is 9.45. The van der Waals surface area contributed by atoms with Gasteiger partial charge in [0.15, 0.2) is 10.6 Å². The van der Waals surface area contributed by atoms with Crippen molar-refractivity contribution in [2.45, 2.75) is 13.0 Å². The fourth-order valence-corrected chi connectivity index (χ4v) is 4.67. The Morgan fingerprint density at radius 3 is 2.63 bits per heavy atom. The highest BCUT2D eigenvalue weighted by molar-refractivity contribution is 7.71. The summed E-state index contributed by atoms with van der Waals surface area (Å²) in [6, 6.07) is 10.0. The van der Waals surface area contributed by atoms with E-state index in [-0.39, 0.29) is 16.5 Å². The molecule has 0 saturated carbocycles. The lowest BCUT2D eigenvalue weighted by molar-refractivity contribution is -0.384. The third kappa shape index (κ3) is 3.73. The Bertz CT molecular complexity index is 1120. The molecular weight excluding hydrogens is 424 g/mol. The second-order valence-electron chi connectivity index (χ2n) is 6.93. The summed E-state index contributed by atoms with van der Waals surface area (Å²) in [7, 11) is 0. The minimum Gasteiger partial charge on any atom is -0.362 e. The topological polar surface area (TPSA) is 100 Å². The van der Waals surface area contributed by atoms with Gasteiger partial charge in [0, 0.05) is 32.2 Å². The Morgan fingerprint density at radius 2 is 1.97 bits per heavy atom. The molecule has 3 heterocycles. The van der Waals surface area contributed by atoms with E-state index in [9.17, 15) is 14.9 Å². The van der Waals surface area contributed by atoms with Crippen LogP contribution in [0.15, 0.2) is 41.8 Å². The zero-order chi connectivity index (χ0) is 21.3. The van der Waals surface area contributed by atoms with Crippen molar-refractivity contribution in [1.29, 1.82) is 0 Å². The number of piperazine rings is 1. The van der Waals surface area contributed by atoms with Gasteiger partial charge in [-0.05, 0) is 36.7 Å². The predicted octanol–water partition coefficient (Wildman–Crippen LogP) is 3.49. The number of rotatable bonds is 5. The summed E-state index contributed by atoms with van der Waals surface area (Å²) in [5, 5.41) is 20.4. The number of aromatic nitrogens is 3. The molecule has 1 saturated heterocycles. The normalized spacial score (nSPS) is 15.2. The molecule has 1 aliphatic heterocycles. The molecule has 1 atom stereocenters. The van der Waals surface area contributed by atoms with Crippen LogP contribution in [-0.4, -0.2) is 56.7 Å².